The molecule has 0 fully saturated rings. The maximum atomic E-state index is 12.2. The Morgan fingerprint density at radius 2 is 1.52 bits per heavy atom. The lowest BCUT2D eigenvalue weighted by atomic mass is 10.2. The lowest BCUT2D eigenvalue weighted by molar-refractivity contribution is -0.187. The zero-order valence-corrected chi connectivity index (χ0v) is 14.9. The summed E-state index contributed by atoms with van der Waals surface area (Å²) in [7, 11) is 1.49. The number of rotatable bonds is 6. The lowest BCUT2D eigenvalue weighted by Crippen LogP contribution is -2.31. The molecule has 27 heavy (non-hydrogen) atoms. The summed E-state index contributed by atoms with van der Waals surface area (Å²) in [5.74, 6) is -1.55. The largest absolute Gasteiger partial charge is 0.472 e. The molecule has 1 amide bonds. The van der Waals surface area contributed by atoms with Gasteiger partial charge in [-0.2, -0.15) is 0 Å². The van der Waals surface area contributed by atoms with Crippen molar-refractivity contribution in [3.63, 3.8) is 0 Å². The van der Waals surface area contributed by atoms with Crippen molar-refractivity contribution in [1.29, 1.82) is 0 Å². The van der Waals surface area contributed by atoms with Crippen LogP contribution in [0.4, 0.5) is 4.79 Å². The molecule has 0 aliphatic carbocycles. The Morgan fingerprint density at radius 3 is 2.22 bits per heavy atom. The van der Waals surface area contributed by atoms with Gasteiger partial charge in [-0.05, 0) is 31.2 Å². The number of benzene rings is 2. The fourth-order valence-electron chi connectivity index (χ4n) is 1.96. The number of para-hydroxylation sites is 1. The summed E-state index contributed by atoms with van der Waals surface area (Å²) in [4.78, 5) is 46.0. The number of nitrogens with zero attached hydrogens (tertiary/aromatic N) is 1. The van der Waals surface area contributed by atoms with Crippen molar-refractivity contribution in [3.8, 4) is 5.75 Å². The summed E-state index contributed by atoms with van der Waals surface area (Å²) in [6, 6.07) is 14.3. The maximum absolute atomic E-state index is 12.2. The van der Waals surface area contributed by atoms with Gasteiger partial charge in [-0.1, -0.05) is 30.3 Å². The average molecular weight is 373 g/mol. The van der Waals surface area contributed by atoms with Gasteiger partial charge >= 0.3 is 18.0 Å². The number of carbonyl (C=O) groups excluding carboxylic acids is 3. The van der Waals surface area contributed by atoms with Crippen LogP contribution >= 0.6 is 0 Å². The number of hydrogen-bond donors (Lipinski definition) is 0. The predicted molar refractivity (Wildman–Crippen MR) is 94.0 cm³/mol. The third kappa shape index (κ3) is 5.74. The summed E-state index contributed by atoms with van der Waals surface area (Å²) in [5, 5.41) is 0. The molecule has 2 aromatic carbocycles. The van der Waals surface area contributed by atoms with Gasteiger partial charge in [0.05, 0.1) is 12.2 Å². The molecule has 0 radical (unpaired) electrons. The smallest absolute Gasteiger partial charge is 0.412 e. The first-order chi connectivity index (χ1) is 13.0. The third-order valence-electron chi connectivity index (χ3n) is 3.30. The van der Waals surface area contributed by atoms with Crippen LogP contribution < -0.4 is 4.74 Å². The van der Waals surface area contributed by atoms with Crippen molar-refractivity contribution >= 4 is 18.0 Å². The Morgan fingerprint density at radius 1 is 0.889 bits per heavy atom. The molecular weight excluding hydrogens is 354 g/mol. The molecule has 0 heterocycles. The van der Waals surface area contributed by atoms with Gasteiger partial charge in [0.2, 0.25) is 0 Å². The van der Waals surface area contributed by atoms with Crippen LogP contribution in [-0.4, -0.2) is 43.3 Å². The van der Waals surface area contributed by atoms with Gasteiger partial charge < -0.3 is 9.47 Å². The van der Waals surface area contributed by atoms with Crippen molar-refractivity contribution in [3.05, 3.63) is 65.7 Å². The second kappa shape index (κ2) is 9.81. The second-order valence-electron chi connectivity index (χ2n) is 5.27. The second-order valence-corrected chi connectivity index (χ2v) is 5.27. The third-order valence-corrected chi connectivity index (χ3v) is 3.30. The maximum Gasteiger partial charge on any atom is 0.412 e. The van der Waals surface area contributed by atoms with E-state index in [0.29, 0.717) is 0 Å². The van der Waals surface area contributed by atoms with Crippen molar-refractivity contribution in [2.24, 2.45) is 0 Å². The van der Waals surface area contributed by atoms with E-state index in [1.165, 1.54) is 36.2 Å². The molecule has 0 aliphatic heterocycles. The van der Waals surface area contributed by atoms with Crippen molar-refractivity contribution in [2.75, 3.05) is 20.4 Å². The minimum Gasteiger partial charge on any atom is -0.472 e. The molecule has 0 saturated heterocycles. The van der Waals surface area contributed by atoms with Gasteiger partial charge in [-0.3, -0.25) is 4.90 Å². The number of amides is 1. The first-order valence-corrected chi connectivity index (χ1v) is 8.11. The molecule has 0 spiro atoms. The Labute approximate surface area is 156 Å². The summed E-state index contributed by atoms with van der Waals surface area (Å²) >= 11 is 0. The molecule has 0 aliphatic rings. The molecule has 0 atom stereocenters. The van der Waals surface area contributed by atoms with Gasteiger partial charge in [0.15, 0.2) is 6.73 Å². The van der Waals surface area contributed by atoms with Crippen LogP contribution in [0.25, 0.3) is 0 Å². The van der Waals surface area contributed by atoms with Crippen LogP contribution in [0, 0.1) is 0 Å². The Bertz CT molecular complexity index is 792. The number of hydrogen-bond acceptors (Lipinski definition) is 7. The van der Waals surface area contributed by atoms with E-state index in [9.17, 15) is 14.4 Å². The van der Waals surface area contributed by atoms with E-state index in [0.717, 1.165) is 0 Å². The molecule has 142 valence electrons. The number of ether oxygens (including phenoxy) is 2. The molecule has 0 unspecified atom stereocenters. The normalized spacial score (nSPS) is 9.85. The van der Waals surface area contributed by atoms with Crippen molar-refractivity contribution < 1.29 is 33.6 Å². The van der Waals surface area contributed by atoms with E-state index in [1.54, 1.807) is 37.3 Å². The molecule has 0 N–H and O–H groups in total. The first kappa shape index (κ1) is 19.8. The zero-order valence-electron chi connectivity index (χ0n) is 14.9. The standard InChI is InChI=1S/C19H19NO7/c1-3-24-19(23)20(2)13-25-16-12-8-7-11-15(16)18(22)27-26-17(21)14-9-5-4-6-10-14/h4-12H,3,13H2,1-2H3. The molecule has 2 rings (SSSR count). The van der Waals surface area contributed by atoms with Crippen LogP contribution in [0.2, 0.25) is 0 Å². The van der Waals surface area contributed by atoms with Crippen LogP contribution in [0.1, 0.15) is 27.6 Å². The van der Waals surface area contributed by atoms with Gasteiger partial charge in [0.25, 0.3) is 0 Å². The molecule has 0 saturated carbocycles. The van der Waals surface area contributed by atoms with E-state index in [-0.39, 0.29) is 30.2 Å². The monoisotopic (exact) mass is 373 g/mol. The Balaban J connectivity index is 1.96. The topological polar surface area (TPSA) is 91.4 Å². The molecule has 8 nitrogen and oxygen atoms in total. The Hall–Kier alpha value is -3.55. The SMILES string of the molecule is CCOC(=O)N(C)COc1ccccc1C(=O)OOC(=O)c1ccccc1. The summed E-state index contributed by atoms with van der Waals surface area (Å²) in [6.07, 6.45) is -0.561. The quantitative estimate of drug-likeness (QED) is 0.437. The number of carbonyl (C=O) groups is 3. The minimum absolute atomic E-state index is 0.0376. The highest BCUT2D eigenvalue weighted by Gasteiger charge is 2.19. The van der Waals surface area contributed by atoms with Gasteiger partial charge in [0, 0.05) is 7.05 Å². The molecule has 0 bridgehead atoms. The van der Waals surface area contributed by atoms with Gasteiger partial charge in [-0.25, -0.2) is 24.2 Å². The highest BCUT2D eigenvalue weighted by molar-refractivity contribution is 5.94. The van der Waals surface area contributed by atoms with E-state index in [1.807, 2.05) is 0 Å². The van der Waals surface area contributed by atoms with Crippen LogP contribution in [-0.2, 0) is 14.5 Å². The van der Waals surface area contributed by atoms with Crippen LogP contribution in [0.3, 0.4) is 0 Å². The molecule has 0 aromatic heterocycles. The molecular formula is C19H19NO7. The highest BCUT2D eigenvalue weighted by atomic mass is 17.2. The first-order valence-electron chi connectivity index (χ1n) is 8.11. The summed E-state index contributed by atoms with van der Waals surface area (Å²) in [5.41, 5.74) is 0.279. The van der Waals surface area contributed by atoms with Crippen molar-refractivity contribution in [1.82, 2.24) is 4.90 Å². The van der Waals surface area contributed by atoms with E-state index < -0.39 is 18.0 Å². The Kier molecular flexibility index (Phi) is 7.18. The predicted octanol–water partition coefficient (Wildman–Crippen LogP) is 3.04. The minimum atomic E-state index is -0.909. The van der Waals surface area contributed by atoms with Crippen molar-refractivity contribution in [2.45, 2.75) is 6.92 Å². The fraction of sp³-hybridized carbons (Fsp3) is 0.211. The van der Waals surface area contributed by atoms with E-state index in [2.05, 4.69) is 9.78 Å². The lowest BCUT2D eigenvalue weighted by Gasteiger charge is -2.18. The zero-order chi connectivity index (χ0) is 19.6. The van der Waals surface area contributed by atoms with Gasteiger partial charge in [-0.15, -0.1) is 0 Å². The highest BCUT2D eigenvalue weighted by Crippen LogP contribution is 2.19. The van der Waals surface area contributed by atoms with Crippen LogP contribution in [0.15, 0.2) is 54.6 Å². The summed E-state index contributed by atoms with van der Waals surface area (Å²) in [6.45, 7) is 1.78. The fourth-order valence-corrected chi connectivity index (χ4v) is 1.96. The summed E-state index contributed by atoms with van der Waals surface area (Å²) < 4.78 is 10.3. The van der Waals surface area contributed by atoms with E-state index in [4.69, 9.17) is 9.47 Å². The average Bonchev–Trinajstić information content (AvgIpc) is 2.71. The van der Waals surface area contributed by atoms with Gasteiger partial charge in [0.1, 0.15) is 11.3 Å². The molecule has 8 heteroatoms. The molecule has 2 aromatic rings. The van der Waals surface area contributed by atoms with E-state index >= 15 is 0 Å². The van der Waals surface area contributed by atoms with Crippen LogP contribution in [0.5, 0.6) is 5.75 Å².